The molecular weight excluding hydrogens is 316 g/mol. The first-order valence-electron chi connectivity index (χ1n) is 5.98. The van der Waals surface area contributed by atoms with Gasteiger partial charge in [-0.05, 0) is 13.3 Å². The van der Waals surface area contributed by atoms with E-state index in [0.29, 0.717) is 5.13 Å². The Morgan fingerprint density at radius 2 is 2.19 bits per heavy atom. The third-order valence-electron chi connectivity index (χ3n) is 2.34. The van der Waals surface area contributed by atoms with E-state index in [9.17, 15) is 14.4 Å². The zero-order valence-electron chi connectivity index (χ0n) is 11.2. The maximum absolute atomic E-state index is 12.0. The fourth-order valence-electron chi connectivity index (χ4n) is 1.29. The Hall–Kier alpha value is -2.01. The molecule has 0 radical (unpaired) electrons. The first-order chi connectivity index (χ1) is 9.99. The fourth-order valence-corrected chi connectivity index (χ4v) is 2.73. The molecule has 11 heteroatoms. The van der Waals surface area contributed by atoms with Crippen molar-refractivity contribution >= 4 is 34.1 Å². The molecule has 2 aromatic rings. The second kappa shape index (κ2) is 6.63. The van der Waals surface area contributed by atoms with Crippen molar-refractivity contribution in [2.24, 2.45) is 0 Å². The molecule has 112 valence electrons. The number of carbonyl (C=O) groups excluding carboxylic acids is 1. The lowest BCUT2D eigenvalue weighted by atomic mass is 10.4. The van der Waals surface area contributed by atoms with Crippen molar-refractivity contribution in [1.29, 1.82) is 0 Å². The van der Waals surface area contributed by atoms with Crippen LogP contribution in [0.15, 0.2) is 14.6 Å². The van der Waals surface area contributed by atoms with E-state index in [0.717, 1.165) is 23.2 Å². The number of aromatic nitrogens is 5. The molecule has 0 aliphatic heterocycles. The highest BCUT2D eigenvalue weighted by atomic mass is 32.2. The summed E-state index contributed by atoms with van der Waals surface area (Å²) in [6, 6.07) is 0. The number of carbonyl (C=O) groups is 1. The number of hydrogen-bond acceptors (Lipinski definition) is 8. The predicted octanol–water partition coefficient (Wildman–Crippen LogP) is -0.00860. The molecule has 0 aromatic carbocycles. The van der Waals surface area contributed by atoms with Crippen LogP contribution in [0.5, 0.6) is 0 Å². The number of rotatable bonds is 5. The summed E-state index contributed by atoms with van der Waals surface area (Å²) >= 11 is 2.23. The van der Waals surface area contributed by atoms with Gasteiger partial charge in [-0.2, -0.15) is 5.10 Å². The lowest BCUT2D eigenvalue weighted by Gasteiger charge is -2.08. The van der Waals surface area contributed by atoms with Gasteiger partial charge in [0.05, 0.1) is 5.25 Å². The maximum atomic E-state index is 12.0. The summed E-state index contributed by atoms with van der Waals surface area (Å²) in [4.78, 5) is 36.4. The van der Waals surface area contributed by atoms with Crippen LogP contribution in [0.1, 0.15) is 18.9 Å². The van der Waals surface area contributed by atoms with Gasteiger partial charge in [-0.3, -0.25) is 19.9 Å². The standard InChI is InChI=1S/C10H12N6O3S2/c1-3-5-13-16-10(21-5)12-6(17)4(2)20-8-7(18)11-9(19)15-14-8/h4H,3H2,1-2H3,(H,12,16,17)(H2,11,15,18,19). The molecule has 21 heavy (non-hydrogen) atoms. The van der Waals surface area contributed by atoms with Gasteiger partial charge in [-0.1, -0.05) is 30.0 Å². The quantitative estimate of drug-likeness (QED) is 0.657. The summed E-state index contributed by atoms with van der Waals surface area (Å²) in [5, 5.41) is 16.7. The van der Waals surface area contributed by atoms with Crippen molar-refractivity contribution in [3.8, 4) is 0 Å². The number of anilines is 1. The summed E-state index contributed by atoms with van der Waals surface area (Å²) in [5.74, 6) is -0.328. The highest BCUT2D eigenvalue weighted by Crippen LogP contribution is 2.20. The minimum atomic E-state index is -0.692. The molecule has 0 saturated heterocycles. The number of nitrogens with zero attached hydrogens (tertiary/aromatic N) is 3. The Bertz CT molecular complexity index is 751. The van der Waals surface area contributed by atoms with Crippen LogP contribution in [0, 0.1) is 0 Å². The maximum Gasteiger partial charge on any atom is 0.342 e. The SMILES string of the molecule is CCc1nnc(NC(=O)C(C)Sc2n[nH]c(=O)[nH]c2=O)s1. The summed E-state index contributed by atoms with van der Waals surface area (Å²) in [6.07, 6.45) is 0.745. The van der Waals surface area contributed by atoms with Crippen LogP contribution >= 0.6 is 23.1 Å². The predicted molar refractivity (Wildman–Crippen MR) is 78.7 cm³/mol. The van der Waals surface area contributed by atoms with Gasteiger partial charge >= 0.3 is 5.69 Å². The number of H-pyrrole nitrogens is 2. The van der Waals surface area contributed by atoms with Gasteiger partial charge in [0.15, 0.2) is 5.03 Å². The van der Waals surface area contributed by atoms with Gasteiger partial charge in [0.2, 0.25) is 11.0 Å². The van der Waals surface area contributed by atoms with Gasteiger partial charge < -0.3 is 0 Å². The van der Waals surface area contributed by atoms with Crippen molar-refractivity contribution in [1.82, 2.24) is 25.4 Å². The molecule has 0 saturated carbocycles. The van der Waals surface area contributed by atoms with Crippen molar-refractivity contribution in [3.63, 3.8) is 0 Å². The Kier molecular flexibility index (Phi) is 4.85. The Balaban J connectivity index is 2.02. The molecule has 9 nitrogen and oxygen atoms in total. The lowest BCUT2D eigenvalue weighted by molar-refractivity contribution is -0.115. The molecule has 0 aliphatic rings. The molecule has 0 bridgehead atoms. The minimum Gasteiger partial charge on any atom is -0.300 e. The Morgan fingerprint density at radius 3 is 2.81 bits per heavy atom. The average Bonchev–Trinajstić information content (AvgIpc) is 2.89. The number of aromatic amines is 2. The van der Waals surface area contributed by atoms with Crippen LogP contribution < -0.4 is 16.6 Å². The van der Waals surface area contributed by atoms with E-state index in [2.05, 4.69) is 25.7 Å². The number of amides is 1. The highest BCUT2D eigenvalue weighted by Gasteiger charge is 2.19. The minimum absolute atomic E-state index is 0.0174. The summed E-state index contributed by atoms with van der Waals surface area (Å²) in [6.45, 7) is 3.56. The van der Waals surface area contributed by atoms with E-state index in [4.69, 9.17) is 0 Å². The zero-order chi connectivity index (χ0) is 15.4. The average molecular weight is 328 g/mol. The molecule has 2 heterocycles. The highest BCUT2D eigenvalue weighted by molar-refractivity contribution is 8.00. The number of aryl methyl sites for hydroxylation is 1. The van der Waals surface area contributed by atoms with E-state index < -0.39 is 16.5 Å². The number of thioether (sulfide) groups is 1. The smallest absolute Gasteiger partial charge is 0.300 e. The second-order valence-corrected chi connectivity index (χ2v) is 6.31. The summed E-state index contributed by atoms with van der Waals surface area (Å²) in [7, 11) is 0. The third-order valence-corrected chi connectivity index (χ3v) is 4.39. The summed E-state index contributed by atoms with van der Waals surface area (Å²) in [5.41, 5.74) is -1.32. The molecule has 0 spiro atoms. The van der Waals surface area contributed by atoms with Crippen LogP contribution in [0.3, 0.4) is 0 Å². The van der Waals surface area contributed by atoms with Gasteiger partial charge in [-0.15, -0.1) is 10.2 Å². The number of hydrogen-bond donors (Lipinski definition) is 3. The zero-order valence-corrected chi connectivity index (χ0v) is 12.8. The molecule has 3 N–H and O–H groups in total. The fraction of sp³-hybridized carbons (Fsp3) is 0.400. The first kappa shape index (κ1) is 15.4. The van der Waals surface area contributed by atoms with E-state index in [1.807, 2.05) is 11.9 Å². The molecule has 0 fully saturated rings. The van der Waals surface area contributed by atoms with E-state index >= 15 is 0 Å². The van der Waals surface area contributed by atoms with Crippen LogP contribution in [-0.2, 0) is 11.2 Å². The number of nitrogens with one attached hydrogen (secondary N) is 3. The Labute approximate surface area is 126 Å². The van der Waals surface area contributed by atoms with Crippen LogP contribution in [-0.4, -0.2) is 36.5 Å². The second-order valence-electron chi connectivity index (χ2n) is 3.92. The summed E-state index contributed by atoms with van der Waals surface area (Å²) < 4.78 is 0. The van der Waals surface area contributed by atoms with Crippen molar-refractivity contribution in [3.05, 3.63) is 25.8 Å². The molecular formula is C10H12N6O3S2. The third kappa shape index (κ3) is 3.98. The van der Waals surface area contributed by atoms with Gasteiger partial charge in [0.25, 0.3) is 5.56 Å². The van der Waals surface area contributed by atoms with Crippen LogP contribution in [0.2, 0.25) is 0 Å². The van der Waals surface area contributed by atoms with Crippen molar-refractivity contribution < 1.29 is 4.79 Å². The molecule has 1 atom stereocenters. The molecule has 2 aromatic heterocycles. The monoisotopic (exact) mass is 328 g/mol. The van der Waals surface area contributed by atoms with E-state index in [-0.39, 0.29) is 10.9 Å². The molecule has 0 aliphatic carbocycles. The van der Waals surface area contributed by atoms with Crippen molar-refractivity contribution in [2.45, 2.75) is 30.5 Å². The van der Waals surface area contributed by atoms with Crippen LogP contribution in [0.25, 0.3) is 0 Å². The largest absolute Gasteiger partial charge is 0.342 e. The van der Waals surface area contributed by atoms with Crippen LogP contribution in [0.4, 0.5) is 5.13 Å². The van der Waals surface area contributed by atoms with Gasteiger partial charge in [0.1, 0.15) is 5.01 Å². The lowest BCUT2D eigenvalue weighted by Crippen LogP contribution is -2.28. The van der Waals surface area contributed by atoms with E-state index in [1.54, 1.807) is 6.92 Å². The van der Waals surface area contributed by atoms with Gasteiger partial charge in [-0.25, -0.2) is 9.89 Å². The molecule has 1 amide bonds. The van der Waals surface area contributed by atoms with E-state index in [1.165, 1.54) is 11.3 Å². The normalized spacial score (nSPS) is 12.1. The van der Waals surface area contributed by atoms with Gasteiger partial charge in [0, 0.05) is 0 Å². The topological polar surface area (TPSA) is 133 Å². The van der Waals surface area contributed by atoms with Crippen molar-refractivity contribution in [2.75, 3.05) is 5.32 Å². The molecule has 1 unspecified atom stereocenters. The Morgan fingerprint density at radius 1 is 1.43 bits per heavy atom. The molecule has 2 rings (SSSR count). The first-order valence-corrected chi connectivity index (χ1v) is 7.68.